The van der Waals surface area contributed by atoms with E-state index in [4.69, 9.17) is 58.9 Å². The van der Waals surface area contributed by atoms with Crippen LogP contribution in [0.25, 0.3) is 0 Å². The first kappa shape index (κ1) is 43.6. The molecule has 0 fully saturated rings. The summed E-state index contributed by atoms with van der Waals surface area (Å²) in [7, 11) is 0. The summed E-state index contributed by atoms with van der Waals surface area (Å²) in [5.74, 6) is 0. The van der Waals surface area contributed by atoms with Crippen LogP contribution in [0.15, 0.2) is 0 Å². The number of rotatable bonds is 31. The number of unbranched alkanes of at least 4 members (excludes halogenated alkanes) is 1. The summed E-state index contributed by atoms with van der Waals surface area (Å²) in [6, 6.07) is 16.0. The molecule has 258 valence electrons. The Morgan fingerprint density at radius 3 is 1.17 bits per heavy atom. The summed E-state index contributed by atoms with van der Waals surface area (Å²) < 4.78 is 48.5. The highest BCUT2D eigenvalue weighted by Crippen LogP contribution is 2.27. The van der Waals surface area contributed by atoms with Gasteiger partial charge in [0.15, 0.2) is 6.29 Å². The van der Waals surface area contributed by atoms with Crippen LogP contribution in [0.3, 0.4) is 0 Å². The summed E-state index contributed by atoms with van der Waals surface area (Å²) in [6.07, 6.45) is -6.37. The summed E-state index contributed by atoms with van der Waals surface area (Å²) in [6.45, 7) is -0.551. The summed E-state index contributed by atoms with van der Waals surface area (Å²) in [5.41, 5.74) is 0. The van der Waals surface area contributed by atoms with Crippen molar-refractivity contribution in [2.24, 2.45) is 0 Å². The second-order valence-electron chi connectivity index (χ2n) is 9.55. The lowest BCUT2D eigenvalue weighted by Gasteiger charge is -2.41. The van der Waals surface area contributed by atoms with E-state index in [0.717, 1.165) is 0 Å². The van der Waals surface area contributed by atoms with Crippen LogP contribution in [-0.4, -0.2) is 96.3 Å². The molecule has 6 atom stereocenters. The van der Waals surface area contributed by atoms with Gasteiger partial charge in [0.05, 0.1) is 153 Å². The van der Waals surface area contributed by atoms with E-state index in [1.165, 1.54) is 0 Å². The van der Waals surface area contributed by atoms with E-state index in [1.807, 2.05) is 48.6 Å². The molecule has 0 rings (SSSR count). The molecule has 0 heterocycles. The van der Waals surface area contributed by atoms with Crippen molar-refractivity contribution in [2.45, 2.75) is 94.6 Å². The first-order valence-corrected chi connectivity index (χ1v) is 15.4. The highest BCUT2D eigenvalue weighted by molar-refractivity contribution is 4.93. The maximum Gasteiger partial charge on any atom is 0.186 e. The van der Waals surface area contributed by atoms with Gasteiger partial charge in [-0.25, -0.2) is 0 Å². The first-order chi connectivity index (χ1) is 23.6. The molecular formula is C32H42N8O8. The van der Waals surface area contributed by atoms with Crippen molar-refractivity contribution in [3.05, 3.63) is 0 Å². The molecule has 0 saturated heterocycles. The highest BCUT2D eigenvalue weighted by Gasteiger charge is 2.45. The van der Waals surface area contributed by atoms with Gasteiger partial charge < -0.3 is 37.9 Å². The minimum Gasteiger partial charge on any atom is -0.378 e. The van der Waals surface area contributed by atoms with E-state index >= 15 is 0 Å². The molecule has 0 radical (unpaired) electrons. The fourth-order valence-corrected chi connectivity index (χ4v) is 4.08. The minimum absolute atomic E-state index is 0.000234. The molecule has 0 aromatic heterocycles. The van der Waals surface area contributed by atoms with Gasteiger partial charge in [-0.15, -0.1) is 0 Å². The van der Waals surface area contributed by atoms with Crippen molar-refractivity contribution in [1.29, 1.82) is 42.1 Å². The van der Waals surface area contributed by atoms with Gasteiger partial charge in [0, 0.05) is 6.42 Å². The van der Waals surface area contributed by atoms with Crippen molar-refractivity contribution in [1.82, 2.24) is 0 Å². The predicted molar refractivity (Wildman–Crippen MR) is 162 cm³/mol. The molecule has 0 aromatic carbocycles. The molecule has 0 aliphatic rings. The Bertz CT molecular complexity index is 1090. The molecule has 0 aromatic rings. The van der Waals surface area contributed by atoms with Gasteiger partial charge in [0.25, 0.3) is 0 Å². The van der Waals surface area contributed by atoms with Crippen LogP contribution in [0.1, 0.15) is 57.8 Å². The zero-order valence-corrected chi connectivity index (χ0v) is 27.0. The van der Waals surface area contributed by atoms with Crippen LogP contribution in [0.2, 0.25) is 0 Å². The molecule has 0 spiro atoms. The normalized spacial score (nSPS) is 14.1. The van der Waals surface area contributed by atoms with Gasteiger partial charge in [-0.1, -0.05) is 0 Å². The zero-order valence-electron chi connectivity index (χ0n) is 27.0. The maximum atomic E-state index is 9.31. The largest absolute Gasteiger partial charge is 0.378 e. The third-order valence-corrected chi connectivity index (χ3v) is 6.10. The summed E-state index contributed by atoms with van der Waals surface area (Å²) in [4.78, 5) is 0. The topological polar surface area (TPSA) is 264 Å². The lowest BCUT2D eigenvalue weighted by molar-refractivity contribution is -0.265. The lowest BCUT2D eigenvalue weighted by Crippen LogP contribution is -2.58. The quantitative estimate of drug-likeness (QED) is 0.0760. The van der Waals surface area contributed by atoms with E-state index in [1.54, 1.807) is 0 Å². The molecular weight excluding hydrogens is 624 g/mol. The van der Waals surface area contributed by atoms with Crippen LogP contribution >= 0.6 is 0 Å². The van der Waals surface area contributed by atoms with E-state index in [0.29, 0.717) is 6.42 Å². The van der Waals surface area contributed by atoms with E-state index < -0.39 is 36.8 Å². The molecule has 48 heavy (non-hydrogen) atoms. The van der Waals surface area contributed by atoms with E-state index in [-0.39, 0.29) is 111 Å². The Kier molecular flexibility index (Phi) is 29.6. The van der Waals surface area contributed by atoms with Crippen molar-refractivity contribution < 1.29 is 37.9 Å². The molecule has 0 amide bonds. The van der Waals surface area contributed by atoms with Gasteiger partial charge in [-0.3, -0.25) is 0 Å². The fraction of sp³-hybridized carbons (Fsp3) is 0.750. The molecule has 0 N–H and O–H groups in total. The van der Waals surface area contributed by atoms with Gasteiger partial charge in [0.2, 0.25) is 0 Å². The SMILES string of the molecule is N#CCCCOC(OCCC#N)C(OCCC#N)C(OCCC#N)C(OCCC#N)C(OCCC#N)C(COCCC#N)OCCC#N. The summed E-state index contributed by atoms with van der Waals surface area (Å²) in [5, 5.41) is 73.4. The molecule has 0 aliphatic heterocycles. The minimum atomic E-state index is -1.23. The predicted octanol–water partition coefficient (Wildman–Crippen LogP) is 2.99. The van der Waals surface area contributed by atoms with Crippen molar-refractivity contribution >= 4 is 0 Å². The summed E-state index contributed by atoms with van der Waals surface area (Å²) >= 11 is 0. The third-order valence-electron chi connectivity index (χ3n) is 6.10. The smallest absolute Gasteiger partial charge is 0.186 e. The van der Waals surface area contributed by atoms with Crippen molar-refractivity contribution in [2.75, 3.05) is 59.5 Å². The first-order valence-electron chi connectivity index (χ1n) is 15.4. The molecule has 16 heteroatoms. The van der Waals surface area contributed by atoms with Crippen LogP contribution in [0.5, 0.6) is 0 Å². The van der Waals surface area contributed by atoms with Crippen LogP contribution in [-0.2, 0) is 37.9 Å². The average molecular weight is 667 g/mol. The third kappa shape index (κ3) is 20.7. The molecule has 6 unspecified atom stereocenters. The molecule has 16 nitrogen and oxygen atoms in total. The second-order valence-corrected chi connectivity index (χ2v) is 9.55. The number of ether oxygens (including phenoxy) is 8. The van der Waals surface area contributed by atoms with Gasteiger partial charge in [-0.05, 0) is 6.42 Å². The molecule has 0 saturated carbocycles. The number of hydrogen-bond acceptors (Lipinski definition) is 16. The Labute approximate surface area is 282 Å². The van der Waals surface area contributed by atoms with Crippen LogP contribution < -0.4 is 0 Å². The maximum absolute atomic E-state index is 9.31. The lowest BCUT2D eigenvalue weighted by atomic mass is 9.97. The average Bonchev–Trinajstić information content (AvgIpc) is 3.09. The van der Waals surface area contributed by atoms with Crippen molar-refractivity contribution in [3.63, 3.8) is 0 Å². The van der Waals surface area contributed by atoms with E-state index in [2.05, 4.69) is 0 Å². The van der Waals surface area contributed by atoms with Crippen LogP contribution in [0, 0.1) is 90.6 Å². The van der Waals surface area contributed by atoms with E-state index in [9.17, 15) is 21.0 Å². The monoisotopic (exact) mass is 666 g/mol. The number of hydrogen-bond donors (Lipinski definition) is 0. The number of nitrogens with zero attached hydrogens (tertiary/aromatic N) is 8. The highest BCUT2D eigenvalue weighted by atomic mass is 16.7. The Balaban J connectivity index is 7.18. The van der Waals surface area contributed by atoms with Gasteiger partial charge in [0.1, 0.15) is 30.5 Å². The zero-order chi connectivity index (χ0) is 35.5. The standard InChI is InChI=1S/C32H42N8O8/c33-10-1-2-19-47-32(48-25-9-17-40)31(46-24-8-16-39)30(45-23-7-15-38)29(44-22-6-14-37)28(43-21-5-13-36)27(42-20-4-12-35)26-41-18-3-11-34/h27-32H,1-9,18-26H2. The second kappa shape index (κ2) is 32.5. The Morgan fingerprint density at radius 2 is 0.688 bits per heavy atom. The number of nitriles is 8. The van der Waals surface area contributed by atoms with Crippen molar-refractivity contribution in [3.8, 4) is 48.6 Å². The Morgan fingerprint density at radius 1 is 0.333 bits per heavy atom. The fourth-order valence-electron chi connectivity index (χ4n) is 4.08. The Hall–Kier alpha value is -4.40. The van der Waals surface area contributed by atoms with Gasteiger partial charge in [-0.2, -0.15) is 42.1 Å². The molecule has 0 bridgehead atoms. The van der Waals surface area contributed by atoms with Crippen LogP contribution in [0.4, 0.5) is 0 Å². The molecule has 0 aliphatic carbocycles. The van der Waals surface area contributed by atoms with Gasteiger partial charge >= 0.3 is 0 Å².